The lowest BCUT2D eigenvalue weighted by Crippen LogP contribution is -2.49. The fourth-order valence-corrected chi connectivity index (χ4v) is 3.65. The zero-order chi connectivity index (χ0) is 16.5. The van der Waals surface area contributed by atoms with Gasteiger partial charge in [0.25, 0.3) is 0 Å². The lowest BCUT2D eigenvalue weighted by molar-refractivity contribution is -0.132. The highest BCUT2D eigenvalue weighted by molar-refractivity contribution is 5.83. The highest BCUT2D eigenvalue weighted by atomic mass is 19.1. The first kappa shape index (κ1) is 15.2. The van der Waals surface area contributed by atoms with E-state index >= 15 is 0 Å². The molecule has 0 spiro atoms. The van der Waals surface area contributed by atoms with E-state index in [9.17, 15) is 9.18 Å². The van der Waals surface area contributed by atoms with Gasteiger partial charge >= 0.3 is 0 Å². The standard InChI is InChI=1S/C20H21FN2O/c21-18-8-4-5-9-19(18)22-10-12-23(13-11-22)20(24)17-14-16(17)15-6-2-1-3-7-15/h1-9,16-17H,10-14H2/t16-,17-/m0/s1. The van der Waals surface area contributed by atoms with Gasteiger partial charge in [0, 0.05) is 32.1 Å². The van der Waals surface area contributed by atoms with Crippen LogP contribution in [0.1, 0.15) is 17.9 Å². The van der Waals surface area contributed by atoms with Crippen molar-refractivity contribution in [1.29, 1.82) is 0 Å². The summed E-state index contributed by atoms with van der Waals surface area (Å²) in [5.74, 6) is 0.580. The lowest BCUT2D eigenvalue weighted by atomic mass is 10.1. The number of hydrogen-bond donors (Lipinski definition) is 0. The van der Waals surface area contributed by atoms with Crippen molar-refractivity contribution in [3.8, 4) is 0 Å². The lowest BCUT2D eigenvalue weighted by Gasteiger charge is -2.36. The molecule has 4 rings (SSSR count). The maximum atomic E-state index is 13.9. The Hall–Kier alpha value is -2.36. The molecule has 3 nitrogen and oxygen atoms in total. The van der Waals surface area contributed by atoms with E-state index in [1.807, 2.05) is 34.1 Å². The molecular weight excluding hydrogens is 303 g/mol. The second-order valence-electron chi connectivity index (χ2n) is 6.62. The molecule has 0 N–H and O–H groups in total. The molecule has 1 heterocycles. The van der Waals surface area contributed by atoms with Gasteiger partial charge in [0.2, 0.25) is 5.91 Å². The van der Waals surface area contributed by atoms with Crippen LogP contribution in [0.15, 0.2) is 54.6 Å². The minimum Gasteiger partial charge on any atom is -0.366 e. The van der Waals surface area contributed by atoms with Gasteiger partial charge in [0.05, 0.1) is 5.69 Å². The smallest absolute Gasteiger partial charge is 0.226 e. The summed E-state index contributed by atoms with van der Waals surface area (Å²) in [7, 11) is 0. The van der Waals surface area contributed by atoms with Crippen LogP contribution in [0.4, 0.5) is 10.1 Å². The predicted octanol–water partition coefficient (Wildman–Crippen LogP) is 3.28. The highest BCUT2D eigenvalue weighted by Crippen LogP contribution is 2.48. The third-order valence-corrected chi connectivity index (χ3v) is 5.12. The van der Waals surface area contributed by atoms with Gasteiger partial charge in [-0.2, -0.15) is 0 Å². The average Bonchev–Trinajstić information content (AvgIpc) is 3.43. The topological polar surface area (TPSA) is 23.6 Å². The molecule has 0 radical (unpaired) electrons. The number of carbonyl (C=O) groups excluding carboxylic acids is 1. The zero-order valence-electron chi connectivity index (χ0n) is 13.6. The zero-order valence-corrected chi connectivity index (χ0v) is 13.6. The Bertz CT molecular complexity index is 725. The molecule has 0 unspecified atom stereocenters. The van der Waals surface area contributed by atoms with Crippen LogP contribution in [0.2, 0.25) is 0 Å². The van der Waals surface area contributed by atoms with Gasteiger partial charge in [-0.3, -0.25) is 4.79 Å². The molecular formula is C20H21FN2O. The van der Waals surface area contributed by atoms with Gasteiger partial charge in [0.15, 0.2) is 0 Å². The first-order valence-electron chi connectivity index (χ1n) is 8.57. The third-order valence-electron chi connectivity index (χ3n) is 5.12. The van der Waals surface area contributed by atoms with E-state index in [0.29, 0.717) is 37.8 Å². The number of hydrogen-bond acceptors (Lipinski definition) is 2. The van der Waals surface area contributed by atoms with Gasteiger partial charge in [-0.1, -0.05) is 42.5 Å². The molecule has 1 saturated carbocycles. The largest absolute Gasteiger partial charge is 0.366 e. The van der Waals surface area contributed by atoms with Crippen molar-refractivity contribution < 1.29 is 9.18 Å². The molecule has 2 aliphatic rings. The SMILES string of the molecule is O=C([C@H]1C[C@H]1c1ccccc1)N1CCN(c2ccccc2F)CC1. The summed E-state index contributed by atoms with van der Waals surface area (Å²) in [4.78, 5) is 16.7. The fourth-order valence-electron chi connectivity index (χ4n) is 3.65. The van der Waals surface area contributed by atoms with Gasteiger partial charge in [-0.05, 0) is 30.0 Å². The van der Waals surface area contributed by atoms with E-state index in [-0.39, 0.29) is 17.6 Å². The first-order valence-corrected chi connectivity index (χ1v) is 8.57. The van der Waals surface area contributed by atoms with Gasteiger partial charge in [-0.25, -0.2) is 4.39 Å². The van der Waals surface area contributed by atoms with Crippen molar-refractivity contribution in [2.45, 2.75) is 12.3 Å². The summed E-state index contributed by atoms with van der Waals surface area (Å²) in [6, 6.07) is 17.1. The van der Waals surface area contributed by atoms with E-state index in [0.717, 1.165) is 6.42 Å². The van der Waals surface area contributed by atoms with Crippen LogP contribution in [0.5, 0.6) is 0 Å². The van der Waals surface area contributed by atoms with Crippen molar-refractivity contribution in [2.75, 3.05) is 31.1 Å². The summed E-state index contributed by atoms with van der Waals surface area (Å²) < 4.78 is 13.9. The van der Waals surface area contributed by atoms with Crippen LogP contribution in [-0.2, 0) is 4.79 Å². The van der Waals surface area contributed by atoms with Crippen LogP contribution < -0.4 is 4.90 Å². The van der Waals surface area contributed by atoms with Crippen LogP contribution in [0.25, 0.3) is 0 Å². The number of halogens is 1. The molecule has 1 aliphatic carbocycles. The first-order chi connectivity index (χ1) is 11.7. The van der Waals surface area contributed by atoms with Crippen LogP contribution in [-0.4, -0.2) is 37.0 Å². The van der Waals surface area contributed by atoms with E-state index in [2.05, 4.69) is 12.1 Å². The van der Waals surface area contributed by atoms with E-state index in [1.54, 1.807) is 12.1 Å². The number of benzene rings is 2. The molecule has 1 amide bonds. The van der Waals surface area contributed by atoms with Crippen molar-refractivity contribution in [1.82, 2.24) is 4.90 Å². The molecule has 0 aromatic heterocycles. The quantitative estimate of drug-likeness (QED) is 0.865. The molecule has 2 aromatic carbocycles. The third kappa shape index (κ3) is 2.88. The Labute approximate surface area is 141 Å². The molecule has 24 heavy (non-hydrogen) atoms. The van der Waals surface area contributed by atoms with Gasteiger partial charge < -0.3 is 9.80 Å². The maximum absolute atomic E-state index is 13.9. The van der Waals surface area contributed by atoms with Crippen molar-refractivity contribution in [3.63, 3.8) is 0 Å². The number of anilines is 1. The molecule has 2 atom stereocenters. The summed E-state index contributed by atoms with van der Waals surface area (Å²) in [6.45, 7) is 2.72. The monoisotopic (exact) mass is 324 g/mol. The van der Waals surface area contributed by atoms with E-state index in [1.165, 1.54) is 11.6 Å². The highest BCUT2D eigenvalue weighted by Gasteiger charge is 2.46. The Morgan fingerprint density at radius 2 is 1.58 bits per heavy atom. The summed E-state index contributed by atoms with van der Waals surface area (Å²) >= 11 is 0. The number of carbonyl (C=O) groups is 1. The Balaban J connectivity index is 1.35. The molecule has 1 saturated heterocycles. The molecule has 2 aromatic rings. The second kappa shape index (κ2) is 6.27. The van der Waals surface area contributed by atoms with Crippen LogP contribution in [0.3, 0.4) is 0 Å². The Kier molecular flexibility index (Phi) is 3.97. The van der Waals surface area contributed by atoms with Gasteiger partial charge in [0.1, 0.15) is 5.82 Å². The van der Waals surface area contributed by atoms with Crippen molar-refractivity contribution in [2.24, 2.45) is 5.92 Å². The number of nitrogens with zero attached hydrogens (tertiary/aromatic N) is 2. The average molecular weight is 324 g/mol. The molecule has 1 aliphatic heterocycles. The van der Waals surface area contributed by atoms with Crippen molar-refractivity contribution in [3.05, 3.63) is 66.0 Å². The van der Waals surface area contributed by atoms with Crippen LogP contribution >= 0.6 is 0 Å². The van der Waals surface area contributed by atoms with Gasteiger partial charge in [-0.15, -0.1) is 0 Å². The molecule has 4 heteroatoms. The summed E-state index contributed by atoms with van der Waals surface area (Å²) in [5.41, 5.74) is 1.90. The summed E-state index contributed by atoms with van der Waals surface area (Å²) in [6.07, 6.45) is 0.955. The minimum absolute atomic E-state index is 0.132. The summed E-state index contributed by atoms with van der Waals surface area (Å²) in [5, 5.41) is 0. The Morgan fingerprint density at radius 3 is 2.29 bits per heavy atom. The van der Waals surface area contributed by atoms with Crippen LogP contribution in [0, 0.1) is 11.7 Å². The van der Waals surface area contributed by atoms with E-state index in [4.69, 9.17) is 0 Å². The Morgan fingerprint density at radius 1 is 0.917 bits per heavy atom. The fraction of sp³-hybridized carbons (Fsp3) is 0.350. The number of rotatable bonds is 3. The normalized spacial score (nSPS) is 23.2. The number of piperazine rings is 1. The molecule has 2 fully saturated rings. The molecule has 124 valence electrons. The maximum Gasteiger partial charge on any atom is 0.226 e. The molecule has 0 bridgehead atoms. The minimum atomic E-state index is -0.191. The predicted molar refractivity (Wildman–Crippen MR) is 92.5 cm³/mol. The van der Waals surface area contributed by atoms with E-state index < -0.39 is 0 Å². The van der Waals surface area contributed by atoms with Crippen molar-refractivity contribution >= 4 is 11.6 Å². The number of para-hydroxylation sites is 1. The number of amides is 1. The second-order valence-corrected chi connectivity index (χ2v) is 6.62.